The molecule has 6 aromatic carbocycles. The van der Waals surface area contributed by atoms with Gasteiger partial charge >= 0.3 is 0 Å². The van der Waals surface area contributed by atoms with E-state index in [1.807, 2.05) is 37.8 Å². The van der Waals surface area contributed by atoms with E-state index < -0.39 is 0 Å². The Morgan fingerprint density at radius 2 is 0.745 bits per heavy atom. The zero-order valence-electron chi connectivity index (χ0n) is 25.7. The Morgan fingerprint density at radius 1 is 0.362 bits per heavy atom. The van der Waals surface area contributed by atoms with Gasteiger partial charge in [0.05, 0.1) is 11.4 Å². The molecule has 0 atom stereocenters. The van der Waals surface area contributed by atoms with Crippen molar-refractivity contribution in [3.8, 4) is 44.8 Å². The topological polar surface area (TPSA) is 51.6 Å². The van der Waals surface area contributed by atoms with E-state index in [-0.39, 0.29) is 0 Å². The van der Waals surface area contributed by atoms with E-state index in [9.17, 15) is 0 Å². The van der Waals surface area contributed by atoms with Crippen LogP contribution in [0.25, 0.3) is 87.9 Å². The summed E-state index contributed by atoms with van der Waals surface area (Å²) >= 11 is 0. The molecule has 9 aromatic rings. The number of aryl methyl sites for hydroxylation is 1. The van der Waals surface area contributed by atoms with Gasteiger partial charge in [-0.3, -0.25) is 9.97 Å². The van der Waals surface area contributed by atoms with Gasteiger partial charge in [0.1, 0.15) is 5.82 Å². The van der Waals surface area contributed by atoms with Gasteiger partial charge in [0, 0.05) is 47.0 Å². The number of fused-ring (bicyclic) bond motifs is 6. The quantitative estimate of drug-likeness (QED) is 0.189. The zero-order chi connectivity index (χ0) is 31.3. The lowest BCUT2D eigenvalue weighted by Crippen LogP contribution is -1.96. The van der Waals surface area contributed by atoms with Gasteiger partial charge < -0.3 is 0 Å². The largest absolute Gasteiger partial charge is 0.263 e. The van der Waals surface area contributed by atoms with Crippen molar-refractivity contribution < 1.29 is 0 Å². The fourth-order valence-electron chi connectivity index (χ4n) is 6.90. The van der Waals surface area contributed by atoms with Crippen molar-refractivity contribution in [2.24, 2.45) is 0 Å². The predicted octanol–water partition coefficient (Wildman–Crippen LogP) is 10.9. The fraction of sp³-hybridized carbons (Fsp3) is 0.0233. The van der Waals surface area contributed by atoms with E-state index in [0.717, 1.165) is 44.8 Å². The average Bonchev–Trinajstić information content (AvgIpc) is 3.14. The number of aromatic nitrogens is 4. The van der Waals surface area contributed by atoms with Gasteiger partial charge in [0.15, 0.2) is 0 Å². The maximum absolute atomic E-state index is 4.86. The van der Waals surface area contributed by atoms with Crippen molar-refractivity contribution in [2.75, 3.05) is 0 Å². The fourth-order valence-corrected chi connectivity index (χ4v) is 6.90. The first kappa shape index (κ1) is 27.1. The van der Waals surface area contributed by atoms with E-state index in [0.29, 0.717) is 5.82 Å². The van der Waals surface area contributed by atoms with Crippen LogP contribution in [0.2, 0.25) is 0 Å². The Bertz CT molecular complexity index is 2480. The Kier molecular flexibility index (Phi) is 6.32. The molecule has 0 saturated carbocycles. The highest BCUT2D eigenvalue weighted by molar-refractivity contribution is 6.15. The molecule has 4 nitrogen and oxygen atoms in total. The monoisotopic (exact) mass is 600 g/mol. The molecule has 3 aromatic heterocycles. The van der Waals surface area contributed by atoms with Crippen LogP contribution < -0.4 is 0 Å². The molecule has 0 aliphatic carbocycles. The van der Waals surface area contributed by atoms with Gasteiger partial charge in [-0.05, 0) is 91.5 Å². The SMILES string of the molecule is Cc1nc(-c2cncc(-c3cc4ccccc4c4ccccc34)c2)cc(-c2cncc(-c3cc4ccccc4c4ccccc34)c2)n1. The van der Waals surface area contributed by atoms with E-state index in [4.69, 9.17) is 19.9 Å². The second-order valence-corrected chi connectivity index (χ2v) is 12.0. The van der Waals surface area contributed by atoms with Crippen LogP contribution in [-0.4, -0.2) is 19.9 Å². The molecule has 0 spiro atoms. The molecule has 220 valence electrons. The summed E-state index contributed by atoms with van der Waals surface area (Å²) in [4.78, 5) is 19.1. The number of pyridine rings is 2. The van der Waals surface area contributed by atoms with E-state index in [2.05, 4.69) is 121 Å². The molecule has 0 unspecified atom stereocenters. The number of nitrogens with zero attached hydrogens (tertiary/aromatic N) is 4. The normalized spacial score (nSPS) is 11.5. The Labute approximate surface area is 272 Å². The number of rotatable bonds is 4. The Morgan fingerprint density at radius 3 is 1.21 bits per heavy atom. The maximum atomic E-state index is 4.86. The molecule has 47 heavy (non-hydrogen) atoms. The molecular weight excluding hydrogens is 573 g/mol. The van der Waals surface area contributed by atoms with Gasteiger partial charge in [-0.2, -0.15) is 0 Å². The van der Waals surface area contributed by atoms with Crippen LogP contribution >= 0.6 is 0 Å². The first-order valence-electron chi connectivity index (χ1n) is 15.8. The molecule has 0 radical (unpaired) electrons. The van der Waals surface area contributed by atoms with Crippen molar-refractivity contribution in [1.29, 1.82) is 0 Å². The van der Waals surface area contributed by atoms with Gasteiger partial charge in [0.2, 0.25) is 0 Å². The smallest absolute Gasteiger partial charge is 0.126 e. The molecule has 9 rings (SSSR count). The summed E-state index contributed by atoms with van der Waals surface area (Å²) in [6, 6.07) is 45.2. The van der Waals surface area contributed by atoms with Crippen molar-refractivity contribution in [3.63, 3.8) is 0 Å². The van der Waals surface area contributed by atoms with Crippen molar-refractivity contribution in [2.45, 2.75) is 6.92 Å². The first-order valence-corrected chi connectivity index (χ1v) is 15.8. The second-order valence-electron chi connectivity index (χ2n) is 12.0. The minimum atomic E-state index is 0.695. The van der Waals surface area contributed by atoms with Crippen LogP contribution in [0.5, 0.6) is 0 Å². The standard InChI is InChI=1S/C43H28N4/c1-27-46-42(32-18-30(23-44-25-32)40-20-28-10-2-4-12-34(28)36-14-6-8-16-38(36)40)22-43(47-27)33-19-31(24-45-26-33)41-21-29-11-3-5-13-35(29)37-15-7-9-17-39(37)41/h2-26H,1H3. The highest BCUT2D eigenvalue weighted by Crippen LogP contribution is 2.38. The summed E-state index contributed by atoms with van der Waals surface area (Å²) in [7, 11) is 0. The third kappa shape index (κ3) is 4.70. The minimum Gasteiger partial charge on any atom is -0.263 e. The summed E-state index contributed by atoms with van der Waals surface area (Å²) in [5.41, 5.74) is 7.94. The van der Waals surface area contributed by atoms with Crippen LogP contribution in [0, 0.1) is 6.92 Å². The molecule has 0 N–H and O–H groups in total. The van der Waals surface area contributed by atoms with Crippen LogP contribution in [0.4, 0.5) is 0 Å². The van der Waals surface area contributed by atoms with Crippen LogP contribution in [-0.2, 0) is 0 Å². The average molecular weight is 601 g/mol. The summed E-state index contributed by atoms with van der Waals surface area (Å²) < 4.78 is 0. The highest BCUT2D eigenvalue weighted by atomic mass is 14.9. The van der Waals surface area contributed by atoms with Crippen LogP contribution in [0.15, 0.2) is 152 Å². The van der Waals surface area contributed by atoms with E-state index in [1.54, 1.807) is 0 Å². The van der Waals surface area contributed by atoms with E-state index in [1.165, 1.54) is 43.1 Å². The summed E-state index contributed by atoms with van der Waals surface area (Å²) in [5, 5.41) is 9.79. The lowest BCUT2D eigenvalue weighted by molar-refractivity contribution is 1.06. The van der Waals surface area contributed by atoms with Gasteiger partial charge in [-0.15, -0.1) is 0 Å². The van der Waals surface area contributed by atoms with Crippen LogP contribution in [0.3, 0.4) is 0 Å². The highest BCUT2D eigenvalue weighted by Gasteiger charge is 2.14. The van der Waals surface area contributed by atoms with Crippen molar-refractivity contribution in [1.82, 2.24) is 19.9 Å². The predicted molar refractivity (Wildman–Crippen MR) is 194 cm³/mol. The molecule has 0 amide bonds. The molecular formula is C43H28N4. The third-order valence-electron chi connectivity index (χ3n) is 9.06. The zero-order valence-corrected chi connectivity index (χ0v) is 25.7. The van der Waals surface area contributed by atoms with Crippen LogP contribution in [0.1, 0.15) is 5.82 Å². The molecule has 0 fully saturated rings. The Hall–Kier alpha value is -6.26. The molecule has 0 bridgehead atoms. The van der Waals surface area contributed by atoms with E-state index >= 15 is 0 Å². The third-order valence-corrected chi connectivity index (χ3v) is 9.06. The first-order chi connectivity index (χ1) is 23.2. The summed E-state index contributed by atoms with van der Waals surface area (Å²) in [5.74, 6) is 0.695. The molecule has 0 aliphatic heterocycles. The minimum absolute atomic E-state index is 0.695. The van der Waals surface area contributed by atoms with Crippen molar-refractivity contribution >= 4 is 43.1 Å². The lowest BCUT2D eigenvalue weighted by Gasteiger charge is -2.13. The second kappa shape index (κ2) is 11.0. The summed E-state index contributed by atoms with van der Waals surface area (Å²) in [6.45, 7) is 1.94. The number of hydrogen-bond acceptors (Lipinski definition) is 4. The van der Waals surface area contributed by atoms with Gasteiger partial charge in [-0.1, -0.05) is 97.1 Å². The number of benzene rings is 6. The number of hydrogen-bond donors (Lipinski definition) is 0. The molecule has 0 saturated heterocycles. The lowest BCUT2D eigenvalue weighted by atomic mass is 9.93. The van der Waals surface area contributed by atoms with Gasteiger partial charge in [0.25, 0.3) is 0 Å². The summed E-state index contributed by atoms with van der Waals surface area (Å²) in [6.07, 6.45) is 7.65. The maximum Gasteiger partial charge on any atom is 0.126 e. The van der Waals surface area contributed by atoms with Crippen molar-refractivity contribution in [3.05, 3.63) is 158 Å². The molecule has 0 aliphatic rings. The Balaban J connectivity index is 1.15. The molecule has 3 heterocycles. The van der Waals surface area contributed by atoms with Gasteiger partial charge in [-0.25, -0.2) is 9.97 Å². The molecule has 4 heteroatoms.